The molecule has 1 aliphatic carbocycles. The summed E-state index contributed by atoms with van der Waals surface area (Å²) in [6, 6.07) is 11.4. The average molecular weight is 299 g/mol. The van der Waals surface area contributed by atoms with Crippen LogP contribution in [0.5, 0.6) is 0 Å². The lowest BCUT2D eigenvalue weighted by Gasteiger charge is -2.22. The highest BCUT2D eigenvalue weighted by atomic mass is 16.5. The highest BCUT2D eigenvalue weighted by molar-refractivity contribution is 5.94. The van der Waals surface area contributed by atoms with Crippen molar-refractivity contribution in [1.82, 2.24) is 10.5 Å². The van der Waals surface area contributed by atoms with Crippen molar-refractivity contribution < 1.29 is 9.32 Å². The minimum Gasteiger partial charge on any atom is -0.360 e. The summed E-state index contributed by atoms with van der Waals surface area (Å²) in [6.07, 6.45) is 2.47. The van der Waals surface area contributed by atoms with Gasteiger partial charge in [0.05, 0.1) is 0 Å². The predicted octanol–water partition coefficient (Wildman–Crippen LogP) is 3.05. The quantitative estimate of drug-likeness (QED) is 0.860. The smallest absolute Gasteiger partial charge is 0.247 e. The molecule has 1 aromatic heterocycles. The van der Waals surface area contributed by atoms with Gasteiger partial charge in [-0.25, -0.2) is 0 Å². The number of nitrogens with one attached hydrogen (secondary N) is 2. The Bertz CT molecular complexity index is 634. The molecular formula is C17H21N3O2. The zero-order chi connectivity index (χ0) is 15.5. The second kappa shape index (κ2) is 6.32. The van der Waals surface area contributed by atoms with Crippen LogP contribution in [0.1, 0.15) is 37.1 Å². The van der Waals surface area contributed by atoms with E-state index < -0.39 is 6.04 Å². The van der Waals surface area contributed by atoms with E-state index in [9.17, 15) is 4.79 Å². The van der Waals surface area contributed by atoms with Crippen LogP contribution in [-0.2, 0) is 4.79 Å². The third kappa shape index (κ3) is 3.54. The van der Waals surface area contributed by atoms with Crippen LogP contribution in [0, 0.1) is 12.8 Å². The van der Waals surface area contributed by atoms with Crippen LogP contribution in [0.3, 0.4) is 0 Å². The number of nitrogens with zero attached hydrogens (tertiary/aromatic N) is 1. The maximum absolute atomic E-state index is 12.6. The molecule has 1 amide bonds. The van der Waals surface area contributed by atoms with E-state index in [1.807, 2.05) is 30.3 Å². The SMILES string of the molecule is Cc1cc(NC(=O)[C@@H](N[C@H](C)C2CC2)c2ccccc2)no1. The van der Waals surface area contributed by atoms with Gasteiger partial charge in [0.2, 0.25) is 5.91 Å². The minimum absolute atomic E-state index is 0.119. The van der Waals surface area contributed by atoms with Gasteiger partial charge in [0.15, 0.2) is 5.82 Å². The van der Waals surface area contributed by atoms with Crippen molar-refractivity contribution in [3.63, 3.8) is 0 Å². The number of hydrogen-bond donors (Lipinski definition) is 2. The molecule has 5 heteroatoms. The molecule has 0 bridgehead atoms. The molecular weight excluding hydrogens is 278 g/mol. The molecule has 2 atom stereocenters. The van der Waals surface area contributed by atoms with Crippen LogP contribution in [-0.4, -0.2) is 17.1 Å². The van der Waals surface area contributed by atoms with Crippen LogP contribution < -0.4 is 10.6 Å². The van der Waals surface area contributed by atoms with Gasteiger partial charge < -0.3 is 9.84 Å². The van der Waals surface area contributed by atoms with Crippen molar-refractivity contribution in [3.05, 3.63) is 47.7 Å². The van der Waals surface area contributed by atoms with Crippen LogP contribution in [0.25, 0.3) is 0 Å². The molecule has 0 saturated heterocycles. The molecule has 1 fully saturated rings. The fourth-order valence-corrected chi connectivity index (χ4v) is 2.59. The van der Waals surface area contributed by atoms with Gasteiger partial charge in [-0.2, -0.15) is 0 Å². The minimum atomic E-state index is -0.395. The first-order chi connectivity index (χ1) is 10.6. The van der Waals surface area contributed by atoms with E-state index in [4.69, 9.17) is 4.52 Å². The van der Waals surface area contributed by atoms with Gasteiger partial charge in [-0.3, -0.25) is 10.1 Å². The first-order valence-electron chi connectivity index (χ1n) is 7.68. The Morgan fingerprint density at radius 2 is 2.05 bits per heavy atom. The van der Waals surface area contributed by atoms with Crippen molar-refractivity contribution >= 4 is 11.7 Å². The standard InChI is InChI=1S/C17H21N3O2/c1-11-10-15(20-22-11)19-17(21)16(14-6-4-3-5-7-14)18-12(2)13-8-9-13/h3-7,10,12-13,16,18H,8-9H2,1-2H3,(H,19,20,21)/t12-,16+/m1/s1. The molecule has 3 rings (SSSR count). The molecule has 0 aliphatic heterocycles. The Hall–Kier alpha value is -2.14. The molecule has 116 valence electrons. The van der Waals surface area contributed by atoms with Crippen LogP contribution in [0.15, 0.2) is 40.9 Å². The van der Waals surface area contributed by atoms with E-state index in [0.29, 0.717) is 23.5 Å². The number of aryl methyl sites for hydroxylation is 1. The molecule has 1 aromatic carbocycles. The molecule has 1 heterocycles. The summed E-state index contributed by atoms with van der Waals surface area (Å²) >= 11 is 0. The highest BCUT2D eigenvalue weighted by Crippen LogP contribution is 2.33. The molecule has 22 heavy (non-hydrogen) atoms. The third-order valence-corrected chi connectivity index (χ3v) is 4.03. The summed E-state index contributed by atoms with van der Waals surface area (Å²) in [7, 11) is 0. The Morgan fingerprint density at radius 1 is 1.32 bits per heavy atom. The molecule has 2 N–H and O–H groups in total. The molecule has 2 aromatic rings. The Balaban J connectivity index is 1.76. The average Bonchev–Trinajstić information content (AvgIpc) is 3.29. The van der Waals surface area contributed by atoms with Gasteiger partial charge >= 0.3 is 0 Å². The molecule has 0 unspecified atom stereocenters. The predicted molar refractivity (Wildman–Crippen MR) is 84.4 cm³/mol. The summed E-state index contributed by atoms with van der Waals surface area (Å²) in [4.78, 5) is 12.6. The van der Waals surface area contributed by atoms with E-state index in [0.717, 1.165) is 5.56 Å². The van der Waals surface area contributed by atoms with Gasteiger partial charge in [-0.05, 0) is 38.2 Å². The highest BCUT2D eigenvalue weighted by Gasteiger charge is 2.32. The van der Waals surface area contributed by atoms with Gasteiger partial charge in [0.25, 0.3) is 0 Å². The van der Waals surface area contributed by atoms with Gasteiger partial charge in [0.1, 0.15) is 11.8 Å². The first-order valence-corrected chi connectivity index (χ1v) is 7.68. The van der Waals surface area contributed by atoms with E-state index in [1.54, 1.807) is 13.0 Å². The number of amides is 1. The van der Waals surface area contributed by atoms with Crippen LogP contribution in [0.2, 0.25) is 0 Å². The van der Waals surface area contributed by atoms with Crippen LogP contribution >= 0.6 is 0 Å². The molecule has 1 saturated carbocycles. The number of aromatic nitrogens is 1. The Morgan fingerprint density at radius 3 is 2.64 bits per heavy atom. The summed E-state index contributed by atoms with van der Waals surface area (Å²) in [5, 5.41) is 10.1. The molecule has 5 nitrogen and oxygen atoms in total. The Labute approximate surface area is 130 Å². The maximum Gasteiger partial charge on any atom is 0.247 e. The van der Waals surface area contributed by atoms with E-state index >= 15 is 0 Å². The maximum atomic E-state index is 12.6. The summed E-state index contributed by atoms with van der Waals surface area (Å²) in [6.45, 7) is 3.94. The van der Waals surface area contributed by atoms with Crippen LogP contribution in [0.4, 0.5) is 5.82 Å². The number of hydrogen-bond acceptors (Lipinski definition) is 4. The monoisotopic (exact) mass is 299 g/mol. The van der Waals surface area contributed by atoms with Crippen molar-refractivity contribution in [2.75, 3.05) is 5.32 Å². The summed E-state index contributed by atoms with van der Waals surface area (Å²) < 4.78 is 5.00. The lowest BCUT2D eigenvalue weighted by Crippen LogP contribution is -2.39. The lowest BCUT2D eigenvalue weighted by atomic mass is 10.0. The largest absolute Gasteiger partial charge is 0.360 e. The number of anilines is 1. The second-order valence-corrected chi connectivity index (χ2v) is 5.95. The van der Waals surface area contributed by atoms with Crippen molar-refractivity contribution in [1.29, 1.82) is 0 Å². The molecule has 0 radical (unpaired) electrons. The van der Waals surface area contributed by atoms with E-state index in [2.05, 4.69) is 22.7 Å². The first kappa shape index (κ1) is 14.8. The second-order valence-electron chi connectivity index (χ2n) is 5.95. The molecule has 1 aliphatic rings. The topological polar surface area (TPSA) is 67.2 Å². The fraction of sp³-hybridized carbons (Fsp3) is 0.412. The van der Waals surface area contributed by atoms with E-state index in [1.165, 1.54) is 12.8 Å². The van der Waals surface area contributed by atoms with Gasteiger partial charge in [-0.1, -0.05) is 35.5 Å². The normalized spacial score (nSPS) is 17.0. The Kier molecular flexibility index (Phi) is 4.24. The zero-order valence-corrected chi connectivity index (χ0v) is 12.9. The number of rotatable bonds is 6. The van der Waals surface area contributed by atoms with Crippen molar-refractivity contribution in [2.24, 2.45) is 5.92 Å². The number of benzene rings is 1. The summed E-state index contributed by atoms with van der Waals surface area (Å²) in [5.41, 5.74) is 0.952. The fourth-order valence-electron chi connectivity index (χ4n) is 2.59. The van der Waals surface area contributed by atoms with Crippen molar-refractivity contribution in [2.45, 2.75) is 38.8 Å². The number of carbonyl (C=O) groups is 1. The lowest BCUT2D eigenvalue weighted by molar-refractivity contribution is -0.118. The zero-order valence-electron chi connectivity index (χ0n) is 12.9. The molecule has 0 spiro atoms. The van der Waals surface area contributed by atoms with Gasteiger partial charge in [-0.15, -0.1) is 0 Å². The van der Waals surface area contributed by atoms with E-state index in [-0.39, 0.29) is 5.91 Å². The summed E-state index contributed by atoms with van der Waals surface area (Å²) in [5.74, 6) is 1.68. The van der Waals surface area contributed by atoms with Gasteiger partial charge in [0, 0.05) is 12.1 Å². The van der Waals surface area contributed by atoms with Crippen molar-refractivity contribution in [3.8, 4) is 0 Å². The third-order valence-electron chi connectivity index (χ3n) is 4.03. The number of carbonyl (C=O) groups excluding carboxylic acids is 1.